The van der Waals surface area contributed by atoms with Gasteiger partial charge in [0.15, 0.2) is 0 Å². The topological polar surface area (TPSA) is 27.8 Å². The van der Waals surface area contributed by atoms with Gasteiger partial charge in [0.25, 0.3) is 0 Å². The molecule has 2 aromatic rings. The predicted molar refractivity (Wildman–Crippen MR) is 90.3 cm³/mol. The Morgan fingerprint density at radius 3 is 2.90 bits per heavy atom. The highest BCUT2D eigenvalue weighted by Crippen LogP contribution is 2.33. The van der Waals surface area contributed by atoms with Gasteiger partial charge in [-0.2, -0.15) is 0 Å². The molecule has 1 aliphatic rings. The molecule has 0 radical (unpaired) electrons. The minimum absolute atomic E-state index is 0.666. The van der Waals surface area contributed by atoms with Crippen LogP contribution in [0.3, 0.4) is 0 Å². The maximum absolute atomic E-state index is 3.86. The molecule has 3 unspecified atom stereocenters. The third-order valence-electron chi connectivity index (χ3n) is 5.25. The van der Waals surface area contributed by atoms with Crippen LogP contribution in [0.25, 0.3) is 10.9 Å². The van der Waals surface area contributed by atoms with Crippen molar-refractivity contribution in [1.82, 2.24) is 10.3 Å². The van der Waals surface area contributed by atoms with E-state index in [2.05, 4.69) is 55.3 Å². The molecule has 3 rings (SSSR count). The Morgan fingerprint density at radius 2 is 2.10 bits per heavy atom. The lowest BCUT2D eigenvalue weighted by Crippen LogP contribution is -2.42. The van der Waals surface area contributed by atoms with Crippen LogP contribution in [0.15, 0.2) is 30.5 Å². The van der Waals surface area contributed by atoms with Crippen LogP contribution in [0.1, 0.15) is 45.6 Å². The number of nitrogens with one attached hydrogen (secondary N) is 2. The van der Waals surface area contributed by atoms with Crippen molar-refractivity contribution in [3.63, 3.8) is 0 Å². The Bertz CT molecular complexity index is 584. The average molecular weight is 284 g/mol. The maximum Gasteiger partial charge on any atom is 0.0499 e. The van der Waals surface area contributed by atoms with Gasteiger partial charge in [-0.25, -0.2) is 0 Å². The highest BCUT2D eigenvalue weighted by atomic mass is 14.9. The summed E-state index contributed by atoms with van der Waals surface area (Å²) < 4.78 is 0. The average Bonchev–Trinajstić information content (AvgIpc) is 2.93. The Labute approximate surface area is 128 Å². The standard InChI is InChI=1S/C19H28N2/c1-13(2)17-8-7-14(3)11-18(17)21-12-16-6-4-5-15-9-10-20-19(15)16/h4-6,9-10,13-14,17-18,20-21H,7-8,11-12H2,1-3H3. The fourth-order valence-corrected chi connectivity index (χ4v) is 3.98. The van der Waals surface area contributed by atoms with E-state index in [1.807, 2.05) is 6.20 Å². The number of fused-ring (bicyclic) bond motifs is 1. The normalized spacial score (nSPS) is 26.6. The highest BCUT2D eigenvalue weighted by molar-refractivity contribution is 5.82. The Morgan fingerprint density at radius 1 is 1.24 bits per heavy atom. The first-order valence-corrected chi connectivity index (χ1v) is 8.43. The summed E-state index contributed by atoms with van der Waals surface area (Å²) in [6, 6.07) is 9.39. The number of hydrogen-bond donors (Lipinski definition) is 2. The van der Waals surface area contributed by atoms with Gasteiger partial charge >= 0.3 is 0 Å². The molecule has 0 bridgehead atoms. The van der Waals surface area contributed by atoms with Crippen molar-refractivity contribution in [3.8, 4) is 0 Å². The molecule has 1 aromatic carbocycles. The van der Waals surface area contributed by atoms with Crippen LogP contribution in [0.2, 0.25) is 0 Å². The fourth-order valence-electron chi connectivity index (χ4n) is 3.98. The number of H-pyrrole nitrogens is 1. The van der Waals surface area contributed by atoms with Gasteiger partial charge < -0.3 is 10.3 Å². The number of aromatic nitrogens is 1. The summed E-state index contributed by atoms with van der Waals surface area (Å²) in [5, 5.41) is 5.17. The minimum Gasteiger partial charge on any atom is -0.361 e. The molecule has 2 nitrogen and oxygen atoms in total. The predicted octanol–water partition coefficient (Wildman–Crippen LogP) is 4.72. The van der Waals surface area contributed by atoms with Crippen LogP contribution in [0.4, 0.5) is 0 Å². The molecular weight excluding hydrogens is 256 g/mol. The van der Waals surface area contributed by atoms with Gasteiger partial charge in [-0.15, -0.1) is 0 Å². The first-order chi connectivity index (χ1) is 10.1. The quantitative estimate of drug-likeness (QED) is 0.835. The smallest absolute Gasteiger partial charge is 0.0499 e. The van der Waals surface area contributed by atoms with Crippen LogP contribution in [0, 0.1) is 17.8 Å². The molecule has 0 saturated heterocycles. The first kappa shape index (κ1) is 14.6. The number of rotatable bonds is 4. The number of hydrogen-bond acceptors (Lipinski definition) is 1. The molecule has 21 heavy (non-hydrogen) atoms. The zero-order chi connectivity index (χ0) is 14.8. The summed E-state index contributed by atoms with van der Waals surface area (Å²) in [4.78, 5) is 3.38. The second-order valence-electron chi connectivity index (χ2n) is 7.17. The molecule has 3 atom stereocenters. The summed E-state index contributed by atoms with van der Waals surface area (Å²) in [5.41, 5.74) is 2.67. The molecule has 0 aliphatic heterocycles. The van der Waals surface area contributed by atoms with E-state index in [4.69, 9.17) is 0 Å². The molecule has 0 amide bonds. The number of benzene rings is 1. The third kappa shape index (κ3) is 3.16. The van der Waals surface area contributed by atoms with E-state index in [1.54, 1.807) is 0 Å². The summed E-state index contributed by atoms with van der Waals surface area (Å²) in [7, 11) is 0. The maximum atomic E-state index is 3.86. The van der Waals surface area contributed by atoms with Gasteiger partial charge in [0, 0.05) is 24.3 Å². The van der Waals surface area contributed by atoms with E-state index in [0.29, 0.717) is 6.04 Å². The van der Waals surface area contributed by atoms with E-state index in [1.165, 1.54) is 35.7 Å². The third-order valence-corrected chi connectivity index (χ3v) is 5.25. The molecule has 1 heterocycles. The first-order valence-electron chi connectivity index (χ1n) is 8.43. The number of aromatic amines is 1. The molecule has 1 fully saturated rings. The van der Waals surface area contributed by atoms with Crippen LogP contribution in [-0.2, 0) is 6.54 Å². The highest BCUT2D eigenvalue weighted by Gasteiger charge is 2.30. The Balaban J connectivity index is 1.71. The van der Waals surface area contributed by atoms with Crippen LogP contribution < -0.4 is 5.32 Å². The fraction of sp³-hybridized carbons (Fsp3) is 0.579. The van der Waals surface area contributed by atoms with Gasteiger partial charge in [0.2, 0.25) is 0 Å². The van der Waals surface area contributed by atoms with Gasteiger partial charge in [0.05, 0.1) is 0 Å². The largest absolute Gasteiger partial charge is 0.361 e. The SMILES string of the molecule is CC1CCC(C(C)C)C(NCc2cccc3cc[nH]c23)C1. The van der Waals surface area contributed by atoms with Gasteiger partial charge in [0.1, 0.15) is 0 Å². The van der Waals surface area contributed by atoms with E-state index in [-0.39, 0.29) is 0 Å². The Hall–Kier alpha value is -1.28. The van der Waals surface area contributed by atoms with Crippen molar-refractivity contribution < 1.29 is 0 Å². The lowest BCUT2D eigenvalue weighted by Gasteiger charge is -2.38. The van der Waals surface area contributed by atoms with Crippen molar-refractivity contribution in [2.75, 3.05) is 0 Å². The van der Waals surface area contributed by atoms with Crippen molar-refractivity contribution in [3.05, 3.63) is 36.0 Å². The van der Waals surface area contributed by atoms with E-state index in [9.17, 15) is 0 Å². The Kier molecular flexibility index (Phi) is 4.34. The molecule has 114 valence electrons. The van der Waals surface area contributed by atoms with Gasteiger partial charge in [-0.1, -0.05) is 45.4 Å². The van der Waals surface area contributed by atoms with Crippen LogP contribution in [0.5, 0.6) is 0 Å². The molecule has 2 N–H and O–H groups in total. The zero-order valence-corrected chi connectivity index (χ0v) is 13.5. The molecule has 1 aliphatic carbocycles. The van der Waals surface area contributed by atoms with Gasteiger partial charge in [-0.05, 0) is 47.6 Å². The summed E-state index contributed by atoms with van der Waals surface area (Å²) in [6.45, 7) is 8.12. The lowest BCUT2D eigenvalue weighted by molar-refractivity contribution is 0.169. The molecular formula is C19H28N2. The molecule has 0 spiro atoms. The second-order valence-corrected chi connectivity index (χ2v) is 7.17. The van der Waals surface area contributed by atoms with Crippen molar-refractivity contribution in [1.29, 1.82) is 0 Å². The second kappa shape index (κ2) is 6.23. The van der Waals surface area contributed by atoms with E-state index in [0.717, 1.165) is 24.3 Å². The molecule has 1 aromatic heterocycles. The van der Waals surface area contributed by atoms with Crippen molar-refractivity contribution in [2.45, 2.75) is 52.6 Å². The zero-order valence-electron chi connectivity index (χ0n) is 13.5. The lowest BCUT2D eigenvalue weighted by atomic mass is 9.74. The molecule has 2 heteroatoms. The number of para-hydroxylation sites is 1. The monoisotopic (exact) mass is 284 g/mol. The van der Waals surface area contributed by atoms with Crippen LogP contribution >= 0.6 is 0 Å². The molecule has 1 saturated carbocycles. The summed E-state index contributed by atoms with van der Waals surface area (Å²) in [5.74, 6) is 2.46. The van der Waals surface area contributed by atoms with Gasteiger partial charge in [-0.3, -0.25) is 0 Å². The van der Waals surface area contributed by atoms with Crippen molar-refractivity contribution in [2.24, 2.45) is 17.8 Å². The minimum atomic E-state index is 0.666. The van der Waals surface area contributed by atoms with E-state index < -0.39 is 0 Å². The van der Waals surface area contributed by atoms with E-state index >= 15 is 0 Å². The summed E-state index contributed by atoms with van der Waals surface area (Å²) in [6.07, 6.45) is 6.13. The summed E-state index contributed by atoms with van der Waals surface area (Å²) >= 11 is 0. The van der Waals surface area contributed by atoms with Crippen LogP contribution in [-0.4, -0.2) is 11.0 Å². The van der Waals surface area contributed by atoms with Crippen molar-refractivity contribution >= 4 is 10.9 Å².